The fraction of sp³-hybridized carbons (Fsp3) is 0.417. The van der Waals surface area contributed by atoms with E-state index in [0.29, 0.717) is 0 Å². The minimum Gasteiger partial charge on any atom is -0.251 e. The first-order valence-corrected chi connectivity index (χ1v) is 5.21. The Bertz CT molecular complexity index is 472. The smallest absolute Gasteiger partial charge is 0.178 e. The van der Waals surface area contributed by atoms with Gasteiger partial charge in [0, 0.05) is 18.6 Å². The monoisotopic (exact) mass is 201 g/mol. The molecule has 0 saturated carbocycles. The fourth-order valence-electron chi connectivity index (χ4n) is 1.61. The van der Waals surface area contributed by atoms with Gasteiger partial charge in [0.15, 0.2) is 5.65 Å². The summed E-state index contributed by atoms with van der Waals surface area (Å²) in [6, 6.07) is 2.04. The van der Waals surface area contributed by atoms with Gasteiger partial charge in [0.2, 0.25) is 0 Å². The van der Waals surface area contributed by atoms with Crippen LogP contribution in [0.3, 0.4) is 0 Å². The van der Waals surface area contributed by atoms with Gasteiger partial charge in [0.05, 0.1) is 0 Å². The van der Waals surface area contributed by atoms with Crippen molar-refractivity contribution < 1.29 is 0 Å². The first-order chi connectivity index (χ1) is 7.15. The molecule has 0 N–H and O–H groups in total. The zero-order chi connectivity index (χ0) is 10.9. The summed E-state index contributed by atoms with van der Waals surface area (Å²) in [7, 11) is 0. The Morgan fingerprint density at radius 2 is 1.73 bits per heavy atom. The number of nitrogens with zero attached hydrogens (tertiary/aromatic N) is 3. The average Bonchev–Trinajstić information content (AvgIpc) is 2.28. The third kappa shape index (κ3) is 1.69. The van der Waals surface area contributed by atoms with Crippen molar-refractivity contribution in [2.45, 2.75) is 32.6 Å². The molecule has 2 aromatic heterocycles. The lowest BCUT2D eigenvalue weighted by Gasteiger charge is -2.23. The molecule has 3 heteroatoms. The van der Waals surface area contributed by atoms with Crippen LogP contribution in [-0.4, -0.2) is 15.0 Å². The Labute approximate surface area is 89.6 Å². The van der Waals surface area contributed by atoms with Crippen molar-refractivity contribution >= 4 is 11.2 Å². The molecule has 0 aliphatic carbocycles. The van der Waals surface area contributed by atoms with Crippen molar-refractivity contribution in [1.82, 2.24) is 15.0 Å². The van der Waals surface area contributed by atoms with E-state index in [2.05, 4.69) is 35.7 Å². The molecular weight excluding hydrogens is 186 g/mol. The van der Waals surface area contributed by atoms with Crippen LogP contribution in [0.2, 0.25) is 0 Å². The Morgan fingerprint density at radius 3 is 2.47 bits per heavy atom. The zero-order valence-electron chi connectivity index (χ0n) is 9.36. The molecule has 0 saturated heterocycles. The van der Waals surface area contributed by atoms with Crippen LogP contribution in [0, 0.1) is 0 Å². The number of hydrogen-bond donors (Lipinski definition) is 0. The van der Waals surface area contributed by atoms with Gasteiger partial charge in [0.25, 0.3) is 0 Å². The van der Waals surface area contributed by atoms with Gasteiger partial charge in [-0.25, -0.2) is 9.97 Å². The predicted octanol–water partition coefficient (Wildman–Crippen LogP) is 2.71. The topological polar surface area (TPSA) is 38.7 Å². The van der Waals surface area contributed by atoms with E-state index in [4.69, 9.17) is 0 Å². The summed E-state index contributed by atoms with van der Waals surface area (Å²) in [5, 5.41) is 0. The molecule has 0 aliphatic rings. The molecule has 0 aliphatic heterocycles. The number of aromatic nitrogens is 3. The molecule has 78 valence electrons. The van der Waals surface area contributed by atoms with Gasteiger partial charge in [-0.05, 0) is 23.5 Å². The highest BCUT2D eigenvalue weighted by Gasteiger charge is 2.21. The van der Waals surface area contributed by atoms with Gasteiger partial charge in [-0.1, -0.05) is 20.8 Å². The molecule has 0 spiro atoms. The molecule has 2 aromatic rings. The lowest BCUT2D eigenvalue weighted by Crippen LogP contribution is -2.16. The summed E-state index contributed by atoms with van der Waals surface area (Å²) in [6.07, 6.45) is 6.28. The number of rotatable bonds is 2. The third-order valence-electron chi connectivity index (χ3n) is 2.99. The van der Waals surface area contributed by atoms with Gasteiger partial charge >= 0.3 is 0 Å². The molecule has 3 nitrogen and oxygen atoms in total. The molecule has 0 amide bonds. The van der Waals surface area contributed by atoms with Gasteiger partial charge in [-0.3, -0.25) is 4.98 Å². The zero-order valence-corrected chi connectivity index (χ0v) is 9.36. The van der Waals surface area contributed by atoms with Crippen molar-refractivity contribution in [2.75, 3.05) is 0 Å². The Balaban J connectivity index is 2.71. The third-order valence-corrected chi connectivity index (χ3v) is 2.99. The maximum atomic E-state index is 4.37. The van der Waals surface area contributed by atoms with Crippen molar-refractivity contribution in [1.29, 1.82) is 0 Å². The number of pyridine rings is 1. The van der Waals surface area contributed by atoms with Crippen LogP contribution in [0.4, 0.5) is 0 Å². The van der Waals surface area contributed by atoms with E-state index in [9.17, 15) is 0 Å². The Hall–Kier alpha value is -1.51. The van der Waals surface area contributed by atoms with Crippen molar-refractivity contribution in [3.63, 3.8) is 0 Å². The summed E-state index contributed by atoms with van der Waals surface area (Å²) in [6.45, 7) is 6.62. The molecule has 0 unspecified atom stereocenters. The minimum absolute atomic E-state index is 0.122. The summed E-state index contributed by atoms with van der Waals surface area (Å²) < 4.78 is 0. The van der Waals surface area contributed by atoms with Crippen LogP contribution in [-0.2, 0) is 5.41 Å². The maximum absolute atomic E-state index is 4.37. The molecule has 0 radical (unpaired) electrons. The van der Waals surface area contributed by atoms with E-state index >= 15 is 0 Å². The largest absolute Gasteiger partial charge is 0.251 e. The summed E-state index contributed by atoms with van der Waals surface area (Å²) in [5.41, 5.74) is 3.00. The summed E-state index contributed by atoms with van der Waals surface area (Å²) in [5.74, 6) is 0. The Morgan fingerprint density at radius 1 is 1.07 bits per heavy atom. The average molecular weight is 201 g/mol. The van der Waals surface area contributed by atoms with Crippen molar-refractivity contribution in [2.24, 2.45) is 0 Å². The van der Waals surface area contributed by atoms with Crippen LogP contribution in [0.15, 0.2) is 24.7 Å². The van der Waals surface area contributed by atoms with Crippen molar-refractivity contribution in [3.05, 3.63) is 30.2 Å². The van der Waals surface area contributed by atoms with Crippen LogP contribution >= 0.6 is 0 Å². The molecule has 0 fully saturated rings. The SMILES string of the molecule is CCC(C)(C)c1ccnc2nccnc12. The molecule has 0 bridgehead atoms. The molecule has 0 atom stereocenters. The second-order valence-corrected chi connectivity index (χ2v) is 4.32. The van der Waals surface area contributed by atoms with Crippen molar-refractivity contribution in [3.8, 4) is 0 Å². The highest BCUT2D eigenvalue weighted by atomic mass is 14.9. The lowest BCUT2D eigenvalue weighted by molar-refractivity contribution is 0.509. The van der Waals surface area contributed by atoms with E-state index in [1.165, 1.54) is 5.56 Å². The highest BCUT2D eigenvalue weighted by Crippen LogP contribution is 2.29. The highest BCUT2D eigenvalue weighted by molar-refractivity contribution is 5.74. The summed E-state index contributed by atoms with van der Waals surface area (Å²) in [4.78, 5) is 12.8. The quantitative estimate of drug-likeness (QED) is 0.749. The normalized spacial score (nSPS) is 11.9. The van der Waals surface area contributed by atoms with Crippen LogP contribution < -0.4 is 0 Å². The first kappa shape index (κ1) is 10.0. The van der Waals surface area contributed by atoms with Crippen LogP contribution in [0.1, 0.15) is 32.8 Å². The second kappa shape index (κ2) is 3.57. The van der Waals surface area contributed by atoms with Gasteiger partial charge in [-0.2, -0.15) is 0 Å². The molecule has 0 aromatic carbocycles. The van der Waals surface area contributed by atoms with Crippen LogP contribution in [0.5, 0.6) is 0 Å². The van der Waals surface area contributed by atoms with E-state index in [-0.39, 0.29) is 5.41 Å². The van der Waals surface area contributed by atoms with Gasteiger partial charge in [-0.15, -0.1) is 0 Å². The minimum atomic E-state index is 0.122. The first-order valence-electron chi connectivity index (χ1n) is 5.21. The molecular formula is C12H15N3. The lowest BCUT2D eigenvalue weighted by atomic mass is 9.82. The van der Waals surface area contributed by atoms with E-state index in [1.807, 2.05) is 12.3 Å². The molecule has 2 rings (SSSR count). The summed E-state index contributed by atoms with van der Waals surface area (Å²) >= 11 is 0. The van der Waals surface area contributed by atoms with E-state index in [0.717, 1.165) is 17.6 Å². The van der Waals surface area contributed by atoms with E-state index in [1.54, 1.807) is 12.4 Å². The maximum Gasteiger partial charge on any atom is 0.178 e. The number of fused-ring (bicyclic) bond motifs is 1. The number of hydrogen-bond acceptors (Lipinski definition) is 3. The molecule has 2 heterocycles. The van der Waals surface area contributed by atoms with Crippen LogP contribution in [0.25, 0.3) is 11.2 Å². The second-order valence-electron chi connectivity index (χ2n) is 4.32. The van der Waals surface area contributed by atoms with Gasteiger partial charge in [0.1, 0.15) is 5.52 Å². The Kier molecular flexibility index (Phi) is 2.39. The van der Waals surface area contributed by atoms with E-state index < -0.39 is 0 Å². The van der Waals surface area contributed by atoms with Gasteiger partial charge < -0.3 is 0 Å². The fourth-order valence-corrected chi connectivity index (χ4v) is 1.61. The standard InChI is InChI=1S/C12H15N3/c1-4-12(2,3)9-5-6-14-11-10(9)13-7-8-15-11/h5-8H,4H2,1-3H3. The predicted molar refractivity (Wildman–Crippen MR) is 60.7 cm³/mol. The molecule has 15 heavy (non-hydrogen) atoms.